The van der Waals surface area contributed by atoms with Crippen molar-refractivity contribution < 1.29 is 4.74 Å². The van der Waals surface area contributed by atoms with Gasteiger partial charge in [-0.25, -0.2) is 0 Å². The van der Waals surface area contributed by atoms with Crippen molar-refractivity contribution in [2.45, 2.75) is 5.41 Å². The monoisotopic (exact) mass is 727 g/mol. The quantitative estimate of drug-likeness (QED) is 0.169. The number of hydrogen-bond donors (Lipinski definition) is 0. The molecule has 11 rings (SSSR count). The number of para-hydroxylation sites is 3. The van der Waals surface area contributed by atoms with E-state index < -0.39 is 5.41 Å². The predicted octanol–water partition coefficient (Wildman–Crippen LogP) is 14.6. The summed E-state index contributed by atoms with van der Waals surface area (Å²) in [7, 11) is 0. The summed E-state index contributed by atoms with van der Waals surface area (Å²) in [4.78, 5) is 2.44. The van der Waals surface area contributed by atoms with Crippen LogP contribution >= 0.6 is 0 Å². The lowest BCUT2D eigenvalue weighted by Crippen LogP contribution is -2.32. The van der Waals surface area contributed by atoms with Gasteiger partial charge in [0.05, 0.1) is 11.1 Å². The van der Waals surface area contributed by atoms with Gasteiger partial charge in [-0.15, -0.1) is 0 Å². The lowest BCUT2D eigenvalue weighted by atomic mass is 9.66. The molecule has 0 radical (unpaired) electrons. The molecular weight excluding hydrogens is 691 g/mol. The highest BCUT2D eigenvalue weighted by Gasteiger charge is 2.51. The fourth-order valence-electron chi connectivity index (χ4n) is 9.28. The van der Waals surface area contributed by atoms with Crippen LogP contribution in [0.5, 0.6) is 11.5 Å². The summed E-state index contributed by atoms with van der Waals surface area (Å²) in [5, 5.41) is 0. The normalized spacial score (nSPS) is 12.8. The number of fused-ring (bicyclic) bond motifs is 9. The number of benzene rings is 9. The van der Waals surface area contributed by atoms with E-state index in [0.717, 1.165) is 34.1 Å². The van der Waals surface area contributed by atoms with Gasteiger partial charge in [0.1, 0.15) is 11.5 Å². The minimum Gasteiger partial charge on any atom is -0.457 e. The number of ether oxygens (including phenoxy) is 1. The first kappa shape index (κ1) is 33.0. The Hall–Kier alpha value is -7.42. The van der Waals surface area contributed by atoms with Crippen molar-refractivity contribution in [2.75, 3.05) is 4.90 Å². The highest BCUT2D eigenvalue weighted by Crippen LogP contribution is 2.62. The van der Waals surface area contributed by atoms with Crippen LogP contribution in [0.15, 0.2) is 224 Å². The predicted molar refractivity (Wildman–Crippen MR) is 235 cm³/mol. The van der Waals surface area contributed by atoms with Gasteiger partial charge in [-0.05, 0) is 98.6 Å². The van der Waals surface area contributed by atoms with Crippen molar-refractivity contribution in [1.82, 2.24) is 0 Å². The van der Waals surface area contributed by atoms with Gasteiger partial charge in [-0.2, -0.15) is 0 Å². The van der Waals surface area contributed by atoms with E-state index in [4.69, 9.17) is 4.74 Å². The maximum atomic E-state index is 6.60. The first-order valence-electron chi connectivity index (χ1n) is 19.6. The molecule has 0 saturated carbocycles. The van der Waals surface area contributed by atoms with E-state index in [0.29, 0.717) is 0 Å². The molecule has 2 nitrogen and oxygen atoms in total. The van der Waals surface area contributed by atoms with Crippen molar-refractivity contribution in [2.24, 2.45) is 0 Å². The molecule has 0 N–H and O–H groups in total. The van der Waals surface area contributed by atoms with Gasteiger partial charge in [-0.1, -0.05) is 176 Å². The highest BCUT2D eigenvalue weighted by atomic mass is 16.5. The van der Waals surface area contributed by atoms with Crippen molar-refractivity contribution in [1.29, 1.82) is 0 Å². The average Bonchev–Trinajstić information content (AvgIpc) is 3.57. The highest BCUT2D eigenvalue weighted by molar-refractivity contribution is 5.94. The molecule has 2 aliphatic rings. The largest absolute Gasteiger partial charge is 0.457 e. The van der Waals surface area contributed by atoms with Gasteiger partial charge in [0, 0.05) is 28.1 Å². The van der Waals surface area contributed by atoms with Gasteiger partial charge in [0.15, 0.2) is 0 Å². The third-order valence-corrected chi connectivity index (χ3v) is 11.7. The first-order valence-corrected chi connectivity index (χ1v) is 19.6. The van der Waals surface area contributed by atoms with Crippen LogP contribution in [0.3, 0.4) is 0 Å². The second-order valence-electron chi connectivity index (χ2n) is 14.8. The van der Waals surface area contributed by atoms with Gasteiger partial charge >= 0.3 is 0 Å². The maximum absolute atomic E-state index is 6.60. The maximum Gasteiger partial charge on any atom is 0.132 e. The molecule has 0 unspecified atom stereocenters. The summed E-state index contributed by atoms with van der Waals surface area (Å²) < 4.78 is 6.60. The van der Waals surface area contributed by atoms with Crippen molar-refractivity contribution in [3.05, 3.63) is 247 Å². The van der Waals surface area contributed by atoms with Crippen LogP contribution in [-0.4, -0.2) is 0 Å². The van der Waals surface area contributed by atoms with E-state index in [1.165, 1.54) is 61.2 Å². The van der Waals surface area contributed by atoms with E-state index in [9.17, 15) is 0 Å². The summed E-state index contributed by atoms with van der Waals surface area (Å²) >= 11 is 0. The SMILES string of the molecule is c1ccc(-c2cccc(-c3cccc(N(c4ccc5c(c4)-c4ccccc4C54c5ccccc5Oc5ccccc54)c4ccccc4-c4ccccc4)c3)c2)cc1. The Morgan fingerprint density at radius 2 is 0.789 bits per heavy atom. The lowest BCUT2D eigenvalue weighted by molar-refractivity contribution is 0.436. The molecule has 57 heavy (non-hydrogen) atoms. The molecule has 1 heterocycles. The summed E-state index contributed by atoms with van der Waals surface area (Å²) in [5.74, 6) is 1.80. The topological polar surface area (TPSA) is 12.5 Å². The molecule has 9 aromatic carbocycles. The molecule has 1 spiro atoms. The van der Waals surface area contributed by atoms with Crippen molar-refractivity contribution in [3.63, 3.8) is 0 Å². The average molecular weight is 728 g/mol. The molecule has 0 aromatic heterocycles. The molecular formula is C55H37NO. The standard InChI is InChI=1S/C55H37NO/c1-3-17-38(18-4-1)40-21-15-22-41(35-40)42-23-16-24-43(36-42)56(52-30-12-8-25-45(52)39-19-5-2-6-20-39)44-33-34-49-47(37-44)46-26-7-9-27-48(46)55(49)50-28-10-13-31-53(50)57-54-32-14-11-29-51(54)55/h1-37H. The van der Waals surface area contributed by atoms with Gasteiger partial charge < -0.3 is 9.64 Å². The van der Waals surface area contributed by atoms with Crippen LogP contribution in [0.4, 0.5) is 17.1 Å². The third kappa shape index (κ3) is 5.26. The van der Waals surface area contributed by atoms with E-state index in [-0.39, 0.29) is 0 Å². The van der Waals surface area contributed by atoms with Gasteiger partial charge in [0.25, 0.3) is 0 Å². The second kappa shape index (κ2) is 13.4. The molecule has 9 aromatic rings. The molecule has 1 aliphatic heterocycles. The van der Waals surface area contributed by atoms with Crippen molar-refractivity contribution in [3.8, 4) is 56.0 Å². The van der Waals surface area contributed by atoms with E-state index in [1.807, 2.05) is 0 Å². The summed E-state index contributed by atoms with van der Waals surface area (Å²) in [6.07, 6.45) is 0. The lowest BCUT2D eigenvalue weighted by Gasteiger charge is -2.39. The fraction of sp³-hybridized carbons (Fsp3) is 0.0182. The summed E-state index contributed by atoms with van der Waals surface area (Å²) in [6.45, 7) is 0. The second-order valence-corrected chi connectivity index (χ2v) is 14.8. The number of nitrogens with zero attached hydrogens (tertiary/aromatic N) is 1. The van der Waals surface area contributed by atoms with Crippen LogP contribution < -0.4 is 9.64 Å². The Bertz CT molecular complexity index is 2900. The fourth-order valence-corrected chi connectivity index (χ4v) is 9.28. The van der Waals surface area contributed by atoms with Crippen LogP contribution in [0.1, 0.15) is 22.3 Å². The molecule has 0 fully saturated rings. The zero-order valence-electron chi connectivity index (χ0n) is 31.2. The smallest absolute Gasteiger partial charge is 0.132 e. The molecule has 268 valence electrons. The van der Waals surface area contributed by atoms with Gasteiger partial charge in [-0.3, -0.25) is 0 Å². The van der Waals surface area contributed by atoms with E-state index in [1.54, 1.807) is 0 Å². The van der Waals surface area contributed by atoms with Crippen molar-refractivity contribution >= 4 is 17.1 Å². The van der Waals surface area contributed by atoms with Gasteiger partial charge in [0.2, 0.25) is 0 Å². The third-order valence-electron chi connectivity index (χ3n) is 11.7. The molecule has 0 bridgehead atoms. The molecule has 0 atom stereocenters. The molecule has 0 saturated heterocycles. The van der Waals surface area contributed by atoms with E-state index >= 15 is 0 Å². The van der Waals surface area contributed by atoms with Crippen LogP contribution in [0.25, 0.3) is 44.5 Å². The minimum atomic E-state index is -0.521. The van der Waals surface area contributed by atoms with Crippen LogP contribution in [0.2, 0.25) is 0 Å². The molecule has 1 aliphatic carbocycles. The van der Waals surface area contributed by atoms with Crippen LogP contribution in [0, 0.1) is 0 Å². The minimum absolute atomic E-state index is 0.521. The Kier molecular flexibility index (Phi) is 7.75. The summed E-state index contributed by atoms with van der Waals surface area (Å²) in [5.41, 5.74) is 17.2. The number of hydrogen-bond acceptors (Lipinski definition) is 2. The Morgan fingerprint density at radius 1 is 0.298 bits per heavy atom. The summed E-state index contributed by atoms with van der Waals surface area (Å²) in [6, 6.07) is 81.1. The molecule has 2 heteroatoms. The zero-order valence-corrected chi connectivity index (χ0v) is 31.2. The Balaban J connectivity index is 1.14. The first-order chi connectivity index (χ1) is 28.3. The zero-order chi connectivity index (χ0) is 37.8. The number of rotatable bonds is 6. The van der Waals surface area contributed by atoms with E-state index in [2.05, 4.69) is 229 Å². The van der Waals surface area contributed by atoms with Crippen LogP contribution in [-0.2, 0) is 5.41 Å². The number of anilines is 3. The Morgan fingerprint density at radius 3 is 1.51 bits per heavy atom. The molecule has 0 amide bonds. The Labute approximate surface area is 333 Å².